The molecule has 0 heterocycles. The van der Waals surface area contributed by atoms with E-state index in [9.17, 15) is 4.79 Å². The molecule has 0 radical (unpaired) electrons. The molecule has 0 spiro atoms. The maximum absolute atomic E-state index is 12.2. The van der Waals surface area contributed by atoms with Gasteiger partial charge in [-0.25, -0.2) is 0 Å². The Morgan fingerprint density at radius 2 is 2.14 bits per heavy atom. The fourth-order valence-corrected chi connectivity index (χ4v) is 3.30. The average Bonchev–Trinajstić information content (AvgIpc) is 2.55. The molecule has 0 atom stereocenters. The van der Waals surface area contributed by atoms with Crippen LogP contribution in [0.4, 0.5) is 0 Å². The van der Waals surface area contributed by atoms with Gasteiger partial charge < -0.3 is 10.1 Å². The van der Waals surface area contributed by atoms with Gasteiger partial charge in [0.15, 0.2) is 0 Å². The van der Waals surface area contributed by atoms with Crippen molar-refractivity contribution in [2.75, 3.05) is 19.4 Å². The smallest absolute Gasteiger partial charge is 0.252 e. The molecule has 22 heavy (non-hydrogen) atoms. The largest absolute Gasteiger partial charge is 0.378 e. The lowest BCUT2D eigenvalue weighted by Crippen LogP contribution is -2.26. The fraction of sp³-hybridized carbons (Fsp3) is 0.588. The van der Waals surface area contributed by atoms with Gasteiger partial charge in [-0.15, -0.1) is 11.8 Å². The Morgan fingerprint density at radius 3 is 2.86 bits per heavy atom. The quantitative estimate of drug-likeness (QED) is 0.585. The van der Waals surface area contributed by atoms with Gasteiger partial charge in [-0.05, 0) is 43.7 Å². The first-order valence-electron chi connectivity index (χ1n) is 7.94. The summed E-state index contributed by atoms with van der Waals surface area (Å²) in [7, 11) is 0. The second kappa shape index (κ2) is 9.43. The lowest BCUT2D eigenvalue weighted by Gasteiger charge is -2.21. The van der Waals surface area contributed by atoms with Crippen LogP contribution in [0.5, 0.6) is 0 Å². The van der Waals surface area contributed by atoms with E-state index >= 15 is 0 Å². The van der Waals surface area contributed by atoms with Crippen LogP contribution in [0.3, 0.4) is 0 Å². The molecule has 1 fully saturated rings. The third kappa shape index (κ3) is 5.49. The highest BCUT2D eigenvalue weighted by atomic mass is 35.5. The SMILES string of the molecule is CSc1ccc(Cl)c(C(=O)NCCCOC2CCCCC2)c1. The third-order valence-electron chi connectivity index (χ3n) is 3.93. The minimum Gasteiger partial charge on any atom is -0.378 e. The number of nitrogens with one attached hydrogen (secondary N) is 1. The molecule has 1 aromatic rings. The molecule has 3 nitrogen and oxygen atoms in total. The number of halogens is 1. The molecule has 0 aromatic heterocycles. The van der Waals surface area contributed by atoms with Crippen molar-refractivity contribution >= 4 is 29.3 Å². The van der Waals surface area contributed by atoms with E-state index in [1.54, 1.807) is 17.8 Å². The first kappa shape index (κ1) is 17.6. The Hall–Kier alpha value is -0.710. The molecule has 1 aliphatic carbocycles. The van der Waals surface area contributed by atoms with E-state index in [2.05, 4.69) is 5.32 Å². The van der Waals surface area contributed by atoms with Crippen LogP contribution < -0.4 is 5.32 Å². The summed E-state index contributed by atoms with van der Waals surface area (Å²) < 4.78 is 5.85. The topological polar surface area (TPSA) is 38.3 Å². The molecule has 1 saturated carbocycles. The van der Waals surface area contributed by atoms with Crippen molar-refractivity contribution < 1.29 is 9.53 Å². The molecule has 0 saturated heterocycles. The maximum atomic E-state index is 12.2. The number of carbonyl (C=O) groups is 1. The summed E-state index contributed by atoms with van der Waals surface area (Å²) >= 11 is 7.69. The molecule has 5 heteroatoms. The van der Waals surface area contributed by atoms with E-state index in [1.165, 1.54) is 32.1 Å². The van der Waals surface area contributed by atoms with Crippen LogP contribution in [0.2, 0.25) is 5.02 Å². The zero-order valence-electron chi connectivity index (χ0n) is 13.1. The molecule has 1 aromatic carbocycles. The Balaban J connectivity index is 1.69. The van der Waals surface area contributed by atoms with Gasteiger partial charge in [0, 0.05) is 18.0 Å². The predicted molar refractivity (Wildman–Crippen MR) is 93.0 cm³/mol. The highest BCUT2D eigenvalue weighted by Gasteiger charge is 2.13. The van der Waals surface area contributed by atoms with Crippen LogP contribution in [0, 0.1) is 0 Å². The molecular formula is C17H24ClNO2S. The zero-order chi connectivity index (χ0) is 15.8. The predicted octanol–water partition coefficient (Wildman–Crippen LogP) is 4.53. The zero-order valence-corrected chi connectivity index (χ0v) is 14.6. The summed E-state index contributed by atoms with van der Waals surface area (Å²) in [6.07, 6.45) is 9.52. The van der Waals surface area contributed by atoms with Crippen molar-refractivity contribution in [2.45, 2.75) is 49.5 Å². The number of thioether (sulfide) groups is 1. The molecule has 1 amide bonds. The van der Waals surface area contributed by atoms with Crippen molar-refractivity contribution in [1.29, 1.82) is 0 Å². The summed E-state index contributed by atoms with van der Waals surface area (Å²) in [5.74, 6) is -0.112. The van der Waals surface area contributed by atoms with Gasteiger partial charge in [-0.2, -0.15) is 0 Å². The molecule has 1 aliphatic rings. The molecule has 2 rings (SSSR count). The van der Waals surface area contributed by atoms with Crippen LogP contribution in [-0.2, 0) is 4.74 Å². The van der Waals surface area contributed by atoms with E-state index in [4.69, 9.17) is 16.3 Å². The van der Waals surface area contributed by atoms with E-state index in [0.29, 0.717) is 29.8 Å². The van der Waals surface area contributed by atoms with Crippen molar-refractivity contribution in [3.8, 4) is 0 Å². The summed E-state index contributed by atoms with van der Waals surface area (Å²) in [5.41, 5.74) is 0.543. The molecule has 0 bridgehead atoms. The van der Waals surface area contributed by atoms with Crippen LogP contribution in [0.25, 0.3) is 0 Å². The second-order valence-corrected chi connectivity index (χ2v) is 6.87. The van der Waals surface area contributed by atoms with E-state index in [0.717, 1.165) is 11.3 Å². The number of carbonyl (C=O) groups excluding carboxylic acids is 1. The standard InChI is InChI=1S/C17H24ClNO2S/c1-22-14-8-9-16(18)15(12-14)17(20)19-10-5-11-21-13-6-3-2-4-7-13/h8-9,12-13H,2-7,10-11H2,1H3,(H,19,20). The van der Waals surface area contributed by atoms with Gasteiger partial charge in [0.05, 0.1) is 16.7 Å². The second-order valence-electron chi connectivity index (χ2n) is 5.59. The summed E-state index contributed by atoms with van der Waals surface area (Å²) in [6, 6.07) is 5.52. The Morgan fingerprint density at radius 1 is 1.36 bits per heavy atom. The average molecular weight is 342 g/mol. The Labute approximate surface area is 142 Å². The number of ether oxygens (including phenoxy) is 1. The summed E-state index contributed by atoms with van der Waals surface area (Å²) in [4.78, 5) is 13.2. The maximum Gasteiger partial charge on any atom is 0.252 e. The van der Waals surface area contributed by atoms with Gasteiger partial charge >= 0.3 is 0 Å². The number of amides is 1. The summed E-state index contributed by atoms with van der Waals surface area (Å²) in [6.45, 7) is 1.33. The Kier molecular flexibility index (Phi) is 7.56. The monoisotopic (exact) mass is 341 g/mol. The van der Waals surface area contributed by atoms with Gasteiger partial charge in [-0.3, -0.25) is 4.79 Å². The molecule has 1 N–H and O–H groups in total. The van der Waals surface area contributed by atoms with Crippen molar-refractivity contribution in [3.63, 3.8) is 0 Å². The fourth-order valence-electron chi connectivity index (χ4n) is 2.66. The number of benzene rings is 1. The molecule has 122 valence electrons. The van der Waals surface area contributed by atoms with Crippen molar-refractivity contribution in [1.82, 2.24) is 5.32 Å². The van der Waals surface area contributed by atoms with Crippen LogP contribution in [0.1, 0.15) is 48.9 Å². The van der Waals surface area contributed by atoms with Crippen LogP contribution >= 0.6 is 23.4 Å². The summed E-state index contributed by atoms with van der Waals surface area (Å²) in [5, 5.41) is 3.41. The van der Waals surface area contributed by atoms with E-state index < -0.39 is 0 Å². The highest BCUT2D eigenvalue weighted by molar-refractivity contribution is 7.98. The van der Waals surface area contributed by atoms with Gasteiger partial charge in [0.25, 0.3) is 5.91 Å². The Bertz CT molecular complexity index is 490. The first-order chi connectivity index (χ1) is 10.7. The number of hydrogen-bond donors (Lipinski definition) is 1. The minimum absolute atomic E-state index is 0.112. The highest BCUT2D eigenvalue weighted by Crippen LogP contribution is 2.23. The molecule has 0 aliphatic heterocycles. The van der Waals surface area contributed by atoms with E-state index in [-0.39, 0.29) is 5.91 Å². The van der Waals surface area contributed by atoms with Crippen molar-refractivity contribution in [2.24, 2.45) is 0 Å². The van der Waals surface area contributed by atoms with Gasteiger partial charge in [0.2, 0.25) is 0 Å². The minimum atomic E-state index is -0.112. The van der Waals surface area contributed by atoms with Crippen LogP contribution in [-0.4, -0.2) is 31.4 Å². The lowest BCUT2D eigenvalue weighted by atomic mass is 9.98. The van der Waals surface area contributed by atoms with E-state index in [1.807, 2.05) is 18.4 Å². The van der Waals surface area contributed by atoms with Gasteiger partial charge in [0.1, 0.15) is 0 Å². The lowest BCUT2D eigenvalue weighted by molar-refractivity contribution is 0.0273. The number of rotatable bonds is 7. The third-order valence-corrected chi connectivity index (χ3v) is 4.99. The van der Waals surface area contributed by atoms with Gasteiger partial charge in [-0.1, -0.05) is 30.9 Å². The van der Waals surface area contributed by atoms with Crippen LogP contribution in [0.15, 0.2) is 23.1 Å². The molecular weight excluding hydrogens is 318 g/mol. The molecule has 0 unspecified atom stereocenters. The van der Waals surface area contributed by atoms with Crippen molar-refractivity contribution in [3.05, 3.63) is 28.8 Å². The first-order valence-corrected chi connectivity index (χ1v) is 9.54. The number of hydrogen-bond acceptors (Lipinski definition) is 3. The normalized spacial score (nSPS) is 15.7.